The van der Waals surface area contributed by atoms with E-state index >= 15 is 0 Å². The molecular weight excluding hydrogens is 294 g/mol. The monoisotopic (exact) mass is 321 g/mol. The number of methoxy groups -OCH3 is 2. The number of carbonyl (C=O) groups is 1. The number of nitrogens with one attached hydrogen (secondary N) is 1. The molecule has 1 aromatic rings. The Bertz CT molecular complexity index is 467. The number of carbonyl (C=O) groups excluding carboxylic acids is 1. The molecule has 1 aromatic carbocycles. The molecule has 0 bridgehead atoms. The highest BCUT2D eigenvalue weighted by molar-refractivity contribution is 5.68. The second-order valence-corrected chi connectivity index (χ2v) is 6.11. The van der Waals surface area contributed by atoms with Gasteiger partial charge in [-0.05, 0) is 24.8 Å². The Kier molecular flexibility index (Phi) is 6.86. The summed E-state index contributed by atoms with van der Waals surface area (Å²) in [5, 5.41) is 3.09. The Morgan fingerprint density at radius 3 is 2.43 bits per heavy atom. The number of alkyl carbamates (subject to hydrolysis) is 1. The maximum atomic E-state index is 12.2. The molecular formula is C18H27NO4. The molecule has 2 rings (SSSR count). The van der Waals surface area contributed by atoms with Gasteiger partial charge in [0.05, 0.1) is 0 Å². The Morgan fingerprint density at radius 2 is 1.83 bits per heavy atom. The van der Waals surface area contributed by atoms with Crippen molar-refractivity contribution >= 4 is 6.09 Å². The van der Waals surface area contributed by atoms with Gasteiger partial charge in [-0.2, -0.15) is 0 Å². The number of ether oxygens (including phenoxy) is 3. The van der Waals surface area contributed by atoms with Crippen molar-refractivity contribution in [3.05, 3.63) is 35.9 Å². The standard InChI is InChI=1S/C18H27NO4/c1-21-16(22-2)10-13-18(11-6-7-12-18)19-17(20)23-14-15-8-4-3-5-9-15/h3-5,8-9,16H,6-7,10-14H2,1-2H3,(H,19,20). The fraction of sp³-hybridized carbons (Fsp3) is 0.611. The molecule has 0 radical (unpaired) electrons. The van der Waals surface area contributed by atoms with Crippen molar-refractivity contribution in [2.75, 3.05) is 14.2 Å². The van der Waals surface area contributed by atoms with Gasteiger partial charge in [0, 0.05) is 26.2 Å². The van der Waals surface area contributed by atoms with Crippen LogP contribution in [0.15, 0.2) is 30.3 Å². The van der Waals surface area contributed by atoms with Crippen LogP contribution >= 0.6 is 0 Å². The maximum absolute atomic E-state index is 12.2. The normalized spacial score (nSPS) is 16.5. The van der Waals surface area contributed by atoms with Crippen LogP contribution in [-0.2, 0) is 20.8 Å². The third-order valence-electron chi connectivity index (χ3n) is 4.53. The molecule has 0 aromatic heterocycles. The first-order valence-electron chi connectivity index (χ1n) is 8.22. The van der Waals surface area contributed by atoms with Crippen molar-refractivity contribution in [2.45, 2.75) is 57.0 Å². The van der Waals surface area contributed by atoms with Crippen molar-refractivity contribution in [1.82, 2.24) is 5.32 Å². The summed E-state index contributed by atoms with van der Waals surface area (Å²) in [7, 11) is 3.27. The minimum absolute atomic E-state index is 0.191. The van der Waals surface area contributed by atoms with Crippen molar-refractivity contribution in [3.63, 3.8) is 0 Å². The van der Waals surface area contributed by atoms with Crippen LogP contribution < -0.4 is 5.32 Å². The van der Waals surface area contributed by atoms with Crippen LogP contribution in [-0.4, -0.2) is 32.1 Å². The number of hydrogen-bond acceptors (Lipinski definition) is 4. The average molecular weight is 321 g/mol. The van der Waals surface area contributed by atoms with Crippen LogP contribution in [0.4, 0.5) is 4.79 Å². The lowest BCUT2D eigenvalue weighted by Gasteiger charge is -2.31. The summed E-state index contributed by atoms with van der Waals surface area (Å²) in [6, 6.07) is 9.70. The van der Waals surface area contributed by atoms with E-state index in [2.05, 4.69) is 5.32 Å². The van der Waals surface area contributed by atoms with Gasteiger partial charge in [-0.3, -0.25) is 0 Å². The summed E-state index contributed by atoms with van der Waals surface area (Å²) >= 11 is 0. The van der Waals surface area contributed by atoms with Gasteiger partial charge >= 0.3 is 6.09 Å². The molecule has 1 saturated carbocycles. The van der Waals surface area contributed by atoms with Crippen LogP contribution in [0.3, 0.4) is 0 Å². The molecule has 1 aliphatic carbocycles. The molecule has 1 amide bonds. The molecule has 0 aliphatic heterocycles. The Balaban J connectivity index is 1.84. The molecule has 1 N–H and O–H groups in total. The van der Waals surface area contributed by atoms with Crippen molar-refractivity contribution in [3.8, 4) is 0 Å². The van der Waals surface area contributed by atoms with Crippen LogP contribution in [0, 0.1) is 0 Å². The zero-order chi connectivity index (χ0) is 16.5. The Hall–Kier alpha value is -1.59. The quantitative estimate of drug-likeness (QED) is 0.743. The van der Waals surface area contributed by atoms with Crippen molar-refractivity contribution in [1.29, 1.82) is 0 Å². The van der Waals surface area contributed by atoms with Crippen LogP contribution in [0.1, 0.15) is 44.1 Å². The molecule has 0 saturated heterocycles. The third kappa shape index (κ3) is 5.52. The number of hydrogen-bond donors (Lipinski definition) is 1. The highest BCUT2D eigenvalue weighted by Crippen LogP contribution is 2.34. The van der Waals surface area contributed by atoms with E-state index in [-0.39, 0.29) is 17.9 Å². The van der Waals surface area contributed by atoms with E-state index in [0.29, 0.717) is 6.61 Å². The van der Waals surface area contributed by atoms with E-state index in [1.54, 1.807) is 14.2 Å². The van der Waals surface area contributed by atoms with Gasteiger partial charge in [-0.25, -0.2) is 4.79 Å². The number of amides is 1. The van der Waals surface area contributed by atoms with Crippen LogP contribution in [0.25, 0.3) is 0 Å². The number of benzene rings is 1. The summed E-state index contributed by atoms with van der Waals surface area (Å²) in [6.45, 7) is 0.293. The molecule has 0 heterocycles. The minimum Gasteiger partial charge on any atom is -0.445 e. The fourth-order valence-corrected chi connectivity index (χ4v) is 3.19. The topological polar surface area (TPSA) is 56.8 Å². The first-order chi connectivity index (χ1) is 11.2. The van der Waals surface area contributed by atoms with Crippen molar-refractivity contribution in [2.24, 2.45) is 0 Å². The van der Waals surface area contributed by atoms with Gasteiger partial charge < -0.3 is 19.5 Å². The predicted molar refractivity (Wildman–Crippen MR) is 88.0 cm³/mol. The van der Waals surface area contributed by atoms with Crippen LogP contribution in [0.2, 0.25) is 0 Å². The summed E-state index contributed by atoms with van der Waals surface area (Å²) in [5.41, 5.74) is 0.797. The summed E-state index contributed by atoms with van der Waals surface area (Å²) in [4.78, 5) is 12.2. The van der Waals surface area contributed by atoms with Gasteiger partial charge in [0.1, 0.15) is 6.61 Å². The van der Waals surface area contributed by atoms with Gasteiger partial charge in [-0.1, -0.05) is 43.2 Å². The predicted octanol–water partition coefficient (Wildman–Crippen LogP) is 3.62. The zero-order valence-electron chi connectivity index (χ0n) is 14.0. The Morgan fingerprint density at radius 1 is 1.17 bits per heavy atom. The fourth-order valence-electron chi connectivity index (χ4n) is 3.19. The SMILES string of the molecule is COC(CCC1(NC(=O)OCc2ccccc2)CCCC1)OC. The summed E-state index contributed by atoms with van der Waals surface area (Å²) in [5.74, 6) is 0. The van der Waals surface area contributed by atoms with Gasteiger partial charge in [-0.15, -0.1) is 0 Å². The second kappa shape index (κ2) is 8.89. The maximum Gasteiger partial charge on any atom is 0.407 e. The molecule has 0 unspecified atom stereocenters. The summed E-state index contributed by atoms with van der Waals surface area (Å²) < 4.78 is 15.9. The minimum atomic E-state index is -0.345. The molecule has 1 aliphatic rings. The van der Waals surface area contributed by atoms with E-state index in [1.807, 2.05) is 30.3 Å². The zero-order valence-corrected chi connectivity index (χ0v) is 14.0. The average Bonchev–Trinajstić information content (AvgIpc) is 3.03. The summed E-state index contributed by atoms with van der Waals surface area (Å²) in [6.07, 6.45) is 5.23. The lowest BCUT2D eigenvalue weighted by atomic mass is 9.91. The van der Waals surface area contributed by atoms with Gasteiger partial charge in [0.15, 0.2) is 6.29 Å². The molecule has 0 atom stereocenters. The molecule has 5 heteroatoms. The lowest BCUT2D eigenvalue weighted by Crippen LogP contribution is -2.47. The molecule has 23 heavy (non-hydrogen) atoms. The van der Waals surface area contributed by atoms with Crippen molar-refractivity contribution < 1.29 is 19.0 Å². The Labute approximate surface area is 138 Å². The second-order valence-electron chi connectivity index (χ2n) is 6.11. The molecule has 5 nitrogen and oxygen atoms in total. The smallest absolute Gasteiger partial charge is 0.407 e. The first-order valence-corrected chi connectivity index (χ1v) is 8.22. The van der Waals surface area contributed by atoms with Crippen LogP contribution in [0.5, 0.6) is 0 Å². The van der Waals surface area contributed by atoms with E-state index in [1.165, 1.54) is 0 Å². The lowest BCUT2D eigenvalue weighted by molar-refractivity contribution is -0.109. The van der Waals surface area contributed by atoms with E-state index < -0.39 is 0 Å². The van der Waals surface area contributed by atoms with Gasteiger partial charge in [0.2, 0.25) is 0 Å². The van der Waals surface area contributed by atoms with E-state index in [9.17, 15) is 4.79 Å². The molecule has 1 fully saturated rings. The van der Waals surface area contributed by atoms with E-state index in [4.69, 9.17) is 14.2 Å². The van der Waals surface area contributed by atoms with E-state index in [0.717, 1.165) is 44.1 Å². The first kappa shape index (κ1) is 17.8. The third-order valence-corrected chi connectivity index (χ3v) is 4.53. The molecule has 128 valence electrons. The highest BCUT2D eigenvalue weighted by Gasteiger charge is 2.36. The number of rotatable bonds is 8. The highest BCUT2D eigenvalue weighted by atomic mass is 16.7. The largest absolute Gasteiger partial charge is 0.445 e. The molecule has 0 spiro atoms. The van der Waals surface area contributed by atoms with Gasteiger partial charge in [0.25, 0.3) is 0 Å².